The molecule has 0 saturated heterocycles. The number of rotatable bonds is 10. The van der Waals surface area contributed by atoms with Gasteiger partial charge in [-0.15, -0.1) is 12.6 Å². The van der Waals surface area contributed by atoms with E-state index in [1.165, 1.54) is 0 Å². The number of hydrogen-bond acceptors (Lipinski definition) is 8. The molecule has 0 aromatic rings. The smallest absolute Gasteiger partial charge is 0.411 e. The SMILES string of the molecule is CCN(CC)C(=S)S.CCN(CC)C(=S)[S-].CCN(CC)C(=S)[S-].CCN(CC)C(=S)[S-].CCNCC.[La+3]. The Morgan fingerprint density at radius 3 is 0.684 bits per heavy atom. The molecule has 0 spiro atoms. The number of hydrogen-bond donors (Lipinski definition) is 2. The monoisotopic (exact) mass is 805 g/mol. The summed E-state index contributed by atoms with van der Waals surface area (Å²) in [5.41, 5.74) is 0. The normalized spacial score (nSPS) is 8.50. The Morgan fingerprint density at radius 1 is 0.500 bits per heavy atom. The Kier molecular flexibility index (Phi) is 56.3. The van der Waals surface area contributed by atoms with E-state index in [1.54, 1.807) is 0 Å². The fourth-order valence-corrected chi connectivity index (χ4v) is 4.28. The van der Waals surface area contributed by atoms with Crippen LogP contribution in [-0.2, 0) is 37.9 Å². The molecule has 0 atom stereocenters. The van der Waals surface area contributed by atoms with Gasteiger partial charge in [0.25, 0.3) is 0 Å². The first kappa shape index (κ1) is 52.4. The minimum absolute atomic E-state index is 0. The first-order chi connectivity index (χ1) is 17.3. The summed E-state index contributed by atoms with van der Waals surface area (Å²) in [7, 11) is 0. The summed E-state index contributed by atoms with van der Waals surface area (Å²) in [6.45, 7) is 30.3. The number of nitrogens with zero attached hydrogens (tertiary/aromatic N) is 4. The third-order valence-electron chi connectivity index (χ3n) is 4.60. The van der Waals surface area contributed by atoms with Crippen molar-refractivity contribution in [1.29, 1.82) is 0 Å². The molecule has 0 unspecified atom stereocenters. The Balaban J connectivity index is -0.0000000844. The topological polar surface area (TPSA) is 25.0 Å². The Labute approximate surface area is 308 Å². The molecule has 14 heteroatoms. The second-order valence-corrected chi connectivity index (χ2v) is 10.9. The maximum absolute atomic E-state index is 4.81. The van der Waals surface area contributed by atoms with Crippen molar-refractivity contribution < 1.29 is 35.6 Å². The van der Waals surface area contributed by atoms with E-state index >= 15 is 0 Å². The maximum atomic E-state index is 4.81. The second kappa shape index (κ2) is 40.9. The van der Waals surface area contributed by atoms with Crippen LogP contribution in [0.25, 0.3) is 0 Å². The zero-order chi connectivity index (χ0) is 30.4. The van der Waals surface area contributed by atoms with Gasteiger partial charge in [0.1, 0.15) is 4.32 Å². The van der Waals surface area contributed by atoms with E-state index in [0.717, 1.165) is 65.4 Å². The van der Waals surface area contributed by atoms with Crippen LogP contribution >= 0.6 is 61.5 Å². The average molecular weight is 806 g/mol. The van der Waals surface area contributed by atoms with Crippen molar-refractivity contribution in [2.75, 3.05) is 65.4 Å². The molecule has 224 valence electrons. The van der Waals surface area contributed by atoms with E-state index in [9.17, 15) is 0 Å². The van der Waals surface area contributed by atoms with Crippen LogP contribution in [0.15, 0.2) is 0 Å². The molecule has 0 aromatic carbocycles. The van der Waals surface area contributed by atoms with Crippen molar-refractivity contribution in [3.05, 3.63) is 0 Å². The first-order valence-corrected chi connectivity index (χ1v) is 16.2. The maximum Gasteiger partial charge on any atom is 3.00 e. The van der Waals surface area contributed by atoms with Gasteiger partial charge in [-0.2, -0.15) is 0 Å². The van der Waals surface area contributed by atoms with Gasteiger partial charge < -0.3 is 99.5 Å². The average Bonchev–Trinajstić information content (AvgIpc) is 2.83. The summed E-state index contributed by atoms with van der Waals surface area (Å²) in [4.78, 5) is 7.90. The van der Waals surface area contributed by atoms with Crippen LogP contribution in [0.1, 0.15) is 69.2 Å². The van der Waals surface area contributed by atoms with Gasteiger partial charge in [-0.05, 0) is 68.5 Å². The molecule has 38 heavy (non-hydrogen) atoms. The molecular weight excluding hydrogens is 754 g/mol. The number of thiol groups is 1. The van der Waals surface area contributed by atoms with Gasteiger partial charge >= 0.3 is 35.6 Å². The summed E-state index contributed by atoms with van der Waals surface area (Å²) in [6, 6.07) is 0. The van der Waals surface area contributed by atoms with Crippen molar-refractivity contribution in [1.82, 2.24) is 24.9 Å². The minimum atomic E-state index is 0. The van der Waals surface area contributed by atoms with Gasteiger partial charge in [-0.1, -0.05) is 39.0 Å². The van der Waals surface area contributed by atoms with Gasteiger partial charge in [-0.3, -0.25) is 0 Å². The number of nitrogens with one attached hydrogen (secondary N) is 1. The van der Waals surface area contributed by atoms with Crippen LogP contribution < -0.4 is 5.32 Å². The quantitative estimate of drug-likeness (QED) is 0.163. The Morgan fingerprint density at radius 2 is 0.684 bits per heavy atom. The van der Waals surface area contributed by atoms with Gasteiger partial charge in [0, 0.05) is 52.4 Å². The zero-order valence-corrected chi connectivity index (χ0v) is 35.5. The van der Waals surface area contributed by atoms with E-state index in [0.29, 0.717) is 17.3 Å². The van der Waals surface area contributed by atoms with Crippen molar-refractivity contribution in [3.8, 4) is 0 Å². The minimum Gasteiger partial charge on any atom is -0.411 e. The molecule has 0 fully saturated rings. The summed E-state index contributed by atoms with van der Waals surface area (Å²) in [5.74, 6) is 0. The van der Waals surface area contributed by atoms with E-state index in [2.05, 4.69) is 45.6 Å². The van der Waals surface area contributed by atoms with E-state index in [-0.39, 0.29) is 35.6 Å². The van der Waals surface area contributed by atoms with E-state index < -0.39 is 0 Å². The van der Waals surface area contributed by atoms with Gasteiger partial charge in [0.15, 0.2) is 0 Å². The molecular formula is C24H52LaN5S8. The van der Waals surface area contributed by atoms with Crippen molar-refractivity contribution in [2.24, 2.45) is 0 Å². The fourth-order valence-electron chi connectivity index (χ4n) is 2.19. The Hall–Kier alpha value is 1.72. The second-order valence-electron chi connectivity index (χ2n) is 6.73. The summed E-state index contributed by atoms with van der Waals surface area (Å²) in [6.07, 6.45) is 0. The predicted octanol–water partition coefficient (Wildman–Crippen LogP) is 5.64. The third kappa shape index (κ3) is 39.9. The van der Waals surface area contributed by atoms with Crippen molar-refractivity contribution in [3.63, 3.8) is 0 Å². The molecule has 0 bridgehead atoms. The van der Waals surface area contributed by atoms with E-state index in [4.69, 9.17) is 86.8 Å². The zero-order valence-electron chi connectivity index (χ0n) is 25.2. The molecule has 1 N–H and O–H groups in total. The molecule has 0 amide bonds. The van der Waals surface area contributed by atoms with Crippen LogP contribution in [0.4, 0.5) is 0 Å². The van der Waals surface area contributed by atoms with Crippen LogP contribution in [0.5, 0.6) is 0 Å². The third-order valence-corrected chi connectivity index (χ3v) is 6.69. The number of thiocarbonyl (C=S) groups is 4. The van der Waals surface area contributed by atoms with Crippen LogP contribution in [0.2, 0.25) is 0 Å². The molecule has 5 nitrogen and oxygen atoms in total. The van der Waals surface area contributed by atoms with Gasteiger partial charge in [0.2, 0.25) is 0 Å². The van der Waals surface area contributed by atoms with Gasteiger partial charge in [-0.25, -0.2) is 0 Å². The van der Waals surface area contributed by atoms with E-state index in [1.807, 2.05) is 61.1 Å². The Bertz CT molecular complexity index is 454. The molecule has 0 rings (SSSR count). The standard InChI is InChI=1S/4C5H11NS2.C4H11N.La/c4*1-3-6(4-2)5(7)8;1-3-5-4-2;/h4*3-4H2,1-2H3,(H,7,8);5H,3-4H2,1-2H3;/q;;;;;+3/p-3. The molecule has 0 heterocycles. The van der Waals surface area contributed by atoms with Gasteiger partial charge in [0.05, 0.1) is 0 Å². The summed E-state index contributed by atoms with van der Waals surface area (Å²) >= 11 is 37.4. The predicted molar refractivity (Wildman–Crippen MR) is 197 cm³/mol. The fraction of sp³-hybridized carbons (Fsp3) is 0.833. The molecule has 0 saturated carbocycles. The van der Waals surface area contributed by atoms with Crippen LogP contribution in [0.3, 0.4) is 0 Å². The molecule has 0 aliphatic carbocycles. The van der Waals surface area contributed by atoms with Crippen molar-refractivity contribution in [2.45, 2.75) is 69.2 Å². The van der Waals surface area contributed by atoms with Crippen LogP contribution in [0, 0.1) is 35.6 Å². The molecule has 0 radical (unpaired) electrons. The summed E-state index contributed by atoms with van der Waals surface area (Å²) < 4.78 is 2.43. The first-order valence-electron chi connectivity index (χ1n) is 12.9. The molecule has 0 aromatic heterocycles. The van der Waals surface area contributed by atoms with Crippen molar-refractivity contribution >= 4 is 117 Å². The largest absolute Gasteiger partial charge is 3.00 e. The van der Waals surface area contributed by atoms with Crippen LogP contribution in [-0.4, -0.2) is 102 Å². The molecule has 0 aliphatic heterocycles. The molecule has 0 aliphatic rings. The summed E-state index contributed by atoms with van der Waals surface area (Å²) in [5, 5.41) is 3.11.